The second-order valence-corrected chi connectivity index (χ2v) is 11.7. The number of carbonyl (C=O) groups excluding carboxylic acids is 2. The van der Waals surface area contributed by atoms with Crippen molar-refractivity contribution in [1.29, 1.82) is 0 Å². The molecule has 0 saturated carbocycles. The average Bonchev–Trinajstić information content (AvgIpc) is 2.79. The van der Waals surface area contributed by atoms with E-state index in [1.807, 2.05) is 77.1 Å². The van der Waals surface area contributed by atoms with Crippen molar-refractivity contribution in [3.63, 3.8) is 0 Å². The van der Waals surface area contributed by atoms with E-state index in [0.717, 1.165) is 28.7 Å². The summed E-state index contributed by atoms with van der Waals surface area (Å²) in [5.41, 5.74) is 4.59. The molecule has 0 aromatic heterocycles. The van der Waals surface area contributed by atoms with Crippen molar-refractivity contribution in [2.45, 2.75) is 79.4 Å². The van der Waals surface area contributed by atoms with Crippen LogP contribution in [0.15, 0.2) is 42.5 Å². The summed E-state index contributed by atoms with van der Waals surface area (Å²) in [5.74, 6) is -0.380. The van der Waals surface area contributed by atoms with Crippen LogP contribution in [-0.4, -0.2) is 50.0 Å². The van der Waals surface area contributed by atoms with Crippen LogP contribution in [-0.2, 0) is 26.2 Å². The average molecular weight is 516 g/mol. The first kappa shape index (κ1) is 29.4. The lowest BCUT2D eigenvalue weighted by Crippen LogP contribution is -2.49. The molecule has 36 heavy (non-hydrogen) atoms. The Kier molecular flexibility index (Phi) is 10.5. The van der Waals surface area contributed by atoms with Crippen molar-refractivity contribution in [2.75, 3.05) is 17.1 Å². The zero-order chi connectivity index (χ0) is 27.0. The molecular formula is C28H41N3O4S. The summed E-state index contributed by atoms with van der Waals surface area (Å²) in [6, 6.07) is 12.9. The van der Waals surface area contributed by atoms with E-state index in [1.54, 1.807) is 11.8 Å². The van der Waals surface area contributed by atoms with Gasteiger partial charge in [-0.3, -0.25) is 13.9 Å². The van der Waals surface area contributed by atoms with Crippen LogP contribution in [0.2, 0.25) is 0 Å². The highest BCUT2D eigenvalue weighted by molar-refractivity contribution is 7.92. The summed E-state index contributed by atoms with van der Waals surface area (Å²) in [7, 11) is -3.52. The number of benzene rings is 2. The molecule has 2 aromatic carbocycles. The van der Waals surface area contributed by atoms with Crippen molar-refractivity contribution < 1.29 is 18.0 Å². The zero-order valence-electron chi connectivity index (χ0n) is 22.7. The van der Waals surface area contributed by atoms with Crippen molar-refractivity contribution in [1.82, 2.24) is 10.2 Å². The van der Waals surface area contributed by atoms with Crippen LogP contribution in [0.4, 0.5) is 5.69 Å². The lowest BCUT2D eigenvalue weighted by Gasteiger charge is -2.30. The number of hydrogen-bond donors (Lipinski definition) is 1. The van der Waals surface area contributed by atoms with Gasteiger partial charge >= 0.3 is 0 Å². The highest BCUT2D eigenvalue weighted by atomic mass is 32.2. The summed E-state index contributed by atoms with van der Waals surface area (Å²) in [5, 5.41) is 2.97. The molecular weight excluding hydrogens is 474 g/mol. The standard InChI is InChI=1S/C28H41N3O4S/c1-8-23(5)29-28(33)24(6)30(19-25-13-11-20(2)12-14-25)27(32)10-9-15-31(36(7,34)35)26-17-21(3)16-22(4)18-26/h11-14,16-18,23-24H,8-10,15,19H2,1-7H3,(H,29,33)/t23-,24-/m1/s1. The first-order chi connectivity index (χ1) is 16.8. The largest absolute Gasteiger partial charge is 0.352 e. The first-order valence-corrected chi connectivity index (χ1v) is 14.4. The summed E-state index contributed by atoms with van der Waals surface area (Å²) in [6.45, 7) is 12.0. The smallest absolute Gasteiger partial charge is 0.242 e. The van der Waals surface area contributed by atoms with Gasteiger partial charge in [-0.05, 0) is 76.3 Å². The molecule has 198 valence electrons. The normalized spacial score (nSPS) is 13.1. The molecule has 0 heterocycles. The fraction of sp³-hybridized carbons (Fsp3) is 0.500. The van der Waals surface area contributed by atoms with E-state index >= 15 is 0 Å². The van der Waals surface area contributed by atoms with Crippen LogP contribution in [0.1, 0.15) is 62.3 Å². The van der Waals surface area contributed by atoms with E-state index in [4.69, 9.17) is 0 Å². The number of rotatable bonds is 12. The van der Waals surface area contributed by atoms with Gasteiger partial charge in [0.05, 0.1) is 11.9 Å². The van der Waals surface area contributed by atoms with Gasteiger partial charge in [0.15, 0.2) is 0 Å². The number of aryl methyl sites for hydroxylation is 3. The number of carbonyl (C=O) groups is 2. The Morgan fingerprint density at radius 2 is 1.53 bits per heavy atom. The Morgan fingerprint density at radius 3 is 2.06 bits per heavy atom. The topological polar surface area (TPSA) is 86.8 Å². The monoisotopic (exact) mass is 515 g/mol. The van der Waals surface area contributed by atoms with E-state index in [1.165, 1.54) is 10.6 Å². The third-order valence-electron chi connectivity index (χ3n) is 6.29. The highest BCUT2D eigenvalue weighted by Crippen LogP contribution is 2.22. The summed E-state index contributed by atoms with van der Waals surface area (Å²) >= 11 is 0. The maximum absolute atomic E-state index is 13.4. The molecule has 2 aromatic rings. The number of nitrogens with zero attached hydrogens (tertiary/aromatic N) is 2. The maximum Gasteiger partial charge on any atom is 0.242 e. The van der Waals surface area contributed by atoms with Crippen molar-refractivity contribution in [2.24, 2.45) is 0 Å². The number of anilines is 1. The van der Waals surface area contributed by atoms with Gasteiger partial charge in [-0.25, -0.2) is 8.42 Å². The Labute approximate surface area is 216 Å². The van der Waals surface area contributed by atoms with Crippen LogP contribution in [0.5, 0.6) is 0 Å². The van der Waals surface area contributed by atoms with Crippen LogP contribution in [0.25, 0.3) is 0 Å². The fourth-order valence-corrected chi connectivity index (χ4v) is 4.99. The highest BCUT2D eigenvalue weighted by Gasteiger charge is 2.27. The fourth-order valence-electron chi connectivity index (χ4n) is 4.04. The number of sulfonamides is 1. The van der Waals surface area contributed by atoms with Crippen molar-refractivity contribution >= 4 is 27.5 Å². The minimum Gasteiger partial charge on any atom is -0.352 e. The van der Waals surface area contributed by atoms with E-state index < -0.39 is 16.1 Å². The predicted molar refractivity (Wildman–Crippen MR) is 146 cm³/mol. The minimum absolute atomic E-state index is 0.0115. The van der Waals surface area contributed by atoms with Crippen molar-refractivity contribution in [3.05, 3.63) is 64.7 Å². The molecule has 0 aliphatic heterocycles. The Balaban J connectivity index is 2.19. The number of nitrogens with one attached hydrogen (secondary N) is 1. The van der Waals surface area contributed by atoms with E-state index in [9.17, 15) is 18.0 Å². The molecule has 0 unspecified atom stereocenters. The Morgan fingerprint density at radius 1 is 0.944 bits per heavy atom. The SMILES string of the molecule is CC[C@@H](C)NC(=O)[C@@H](C)N(Cc1ccc(C)cc1)C(=O)CCCN(c1cc(C)cc(C)c1)S(C)(=O)=O. The molecule has 2 atom stereocenters. The summed E-state index contributed by atoms with van der Waals surface area (Å²) in [6.07, 6.45) is 2.44. The Hall–Kier alpha value is -2.87. The summed E-state index contributed by atoms with van der Waals surface area (Å²) in [4.78, 5) is 27.8. The molecule has 0 aliphatic carbocycles. The van der Waals surface area contributed by atoms with Crippen LogP contribution in [0.3, 0.4) is 0 Å². The van der Waals surface area contributed by atoms with E-state index in [0.29, 0.717) is 18.7 Å². The number of hydrogen-bond acceptors (Lipinski definition) is 4. The van der Waals surface area contributed by atoms with Crippen molar-refractivity contribution in [3.8, 4) is 0 Å². The number of amides is 2. The Bertz CT molecular complexity index is 1130. The molecule has 8 heteroatoms. The molecule has 0 fully saturated rings. The van der Waals surface area contributed by atoms with Gasteiger partial charge in [-0.1, -0.05) is 42.8 Å². The van der Waals surface area contributed by atoms with Gasteiger partial charge in [-0.2, -0.15) is 0 Å². The second-order valence-electron chi connectivity index (χ2n) is 9.79. The maximum atomic E-state index is 13.4. The van der Waals surface area contributed by atoms with E-state index in [-0.39, 0.29) is 30.8 Å². The molecule has 0 aliphatic rings. The molecule has 0 spiro atoms. The van der Waals surface area contributed by atoms with Gasteiger partial charge < -0.3 is 10.2 Å². The minimum atomic E-state index is -3.52. The van der Waals surface area contributed by atoms with Gasteiger partial charge in [-0.15, -0.1) is 0 Å². The van der Waals surface area contributed by atoms with Gasteiger partial charge in [0.25, 0.3) is 0 Å². The first-order valence-electron chi connectivity index (χ1n) is 12.5. The quantitative estimate of drug-likeness (QED) is 0.451. The lowest BCUT2D eigenvalue weighted by atomic mass is 10.1. The third kappa shape index (κ3) is 8.66. The van der Waals surface area contributed by atoms with Crippen LogP contribution >= 0.6 is 0 Å². The summed E-state index contributed by atoms with van der Waals surface area (Å²) < 4.78 is 26.4. The van der Waals surface area contributed by atoms with Gasteiger partial charge in [0, 0.05) is 25.6 Å². The van der Waals surface area contributed by atoms with E-state index in [2.05, 4.69) is 5.32 Å². The molecule has 0 bridgehead atoms. The van der Waals surface area contributed by atoms with Gasteiger partial charge in [0.2, 0.25) is 21.8 Å². The predicted octanol–water partition coefficient (Wildman–Crippen LogP) is 4.49. The third-order valence-corrected chi connectivity index (χ3v) is 7.48. The van der Waals surface area contributed by atoms with Crippen LogP contribution < -0.4 is 9.62 Å². The zero-order valence-corrected chi connectivity index (χ0v) is 23.5. The molecule has 2 amide bonds. The molecule has 0 radical (unpaired) electrons. The molecule has 7 nitrogen and oxygen atoms in total. The van der Waals surface area contributed by atoms with Gasteiger partial charge in [0.1, 0.15) is 6.04 Å². The molecule has 1 N–H and O–H groups in total. The molecule has 2 rings (SSSR count). The molecule has 0 saturated heterocycles. The lowest BCUT2D eigenvalue weighted by molar-refractivity contribution is -0.140. The second kappa shape index (κ2) is 12.9. The van der Waals surface area contributed by atoms with Crippen LogP contribution in [0, 0.1) is 20.8 Å².